The van der Waals surface area contributed by atoms with Gasteiger partial charge in [-0.1, -0.05) is 48.0 Å². The number of nitrogens with one attached hydrogen (secondary N) is 3. The largest absolute Gasteiger partial charge is 0.497 e. The Morgan fingerprint density at radius 3 is 2.24 bits per heavy atom. The zero-order valence-electron chi connectivity index (χ0n) is 22.8. The highest BCUT2D eigenvalue weighted by Gasteiger charge is 2.16. The second kappa shape index (κ2) is 14.8. The van der Waals surface area contributed by atoms with Gasteiger partial charge in [-0.3, -0.25) is 14.4 Å². The predicted octanol–water partition coefficient (Wildman–Crippen LogP) is 6.50. The zero-order valence-corrected chi connectivity index (χ0v) is 24.4. The molecular weight excluding hydrogens is 574 g/mol. The minimum atomic E-state index is -0.522. The summed E-state index contributed by atoms with van der Waals surface area (Å²) in [5, 5.41) is 8.77. The van der Waals surface area contributed by atoms with Crippen LogP contribution < -0.4 is 25.4 Å². The molecule has 0 spiro atoms. The lowest BCUT2D eigenvalue weighted by Gasteiger charge is -2.13. The number of carbonyl (C=O) groups excluding carboxylic acids is 3. The molecule has 3 N–H and O–H groups in total. The van der Waals surface area contributed by atoms with Crippen LogP contribution in [0.2, 0.25) is 5.02 Å². The standard InChI is InChI=1S/C32H28ClN3O5S/c1-40-24-14-17-29(41-2)27(19-24)35-30(37)20-42-25-15-12-23(13-16-25)34-32(39)28(18-22-10-6-7-11-26(22)33)36-31(38)21-8-4-3-5-9-21/h3-19H,20H2,1-2H3,(H,34,39)(H,35,37)(H,36,38)/b28-18-. The van der Waals surface area contributed by atoms with E-state index in [9.17, 15) is 14.4 Å². The van der Waals surface area contributed by atoms with Crippen molar-refractivity contribution in [1.29, 1.82) is 0 Å². The van der Waals surface area contributed by atoms with E-state index in [0.29, 0.717) is 39.0 Å². The third kappa shape index (κ3) is 8.39. The summed E-state index contributed by atoms with van der Waals surface area (Å²) in [4.78, 5) is 39.5. The molecule has 4 aromatic rings. The van der Waals surface area contributed by atoms with E-state index < -0.39 is 11.8 Å². The van der Waals surface area contributed by atoms with Gasteiger partial charge in [-0.25, -0.2) is 0 Å². The van der Waals surface area contributed by atoms with E-state index in [-0.39, 0.29) is 17.4 Å². The molecule has 4 aromatic carbocycles. The Morgan fingerprint density at radius 1 is 0.833 bits per heavy atom. The SMILES string of the molecule is COc1ccc(OC)c(NC(=O)CSc2ccc(NC(=O)/C(=C/c3ccccc3Cl)NC(=O)c3ccccc3)cc2)c1. The number of halogens is 1. The van der Waals surface area contributed by atoms with Gasteiger partial charge in [0, 0.05) is 27.2 Å². The minimum Gasteiger partial charge on any atom is -0.497 e. The minimum absolute atomic E-state index is 0.0278. The fourth-order valence-electron chi connectivity index (χ4n) is 3.77. The fourth-order valence-corrected chi connectivity index (χ4v) is 4.66. The first-order valence-electron chi connectivity index (χ1n) is 12.7. The summed E-state index contributed by atoms with van der Waals surface area (Å²) < 4.78 is 10.5. The van der Waals surface area contributed by atoms with Gasteiger partial charge in [-0.05, 0) is 66.2 Å². The van der Waals surface area contributed by atoms with Crippen LogP contribution in [0.4, 0.5) is 11.4 Å². The van der Waals surface area contributed by atoms with E-state index in [2.05, 4.69) is 16.0 Å². The molecule has 0 aliphatic heterocycles. The molecule has 3 amide bonds. The molecular formula is C32H28ClN3O5S. The van der Waals surface area contributed by atoms with Crippen molar-refractivity contribution in [3.8, 4) is 11.5 Å². The van der Waals surface area contributed by atoms with Crippen molar-refractivity contribution in [3.63, 3.8) is 0 Å². The Kier molecular flexibility index (Phi) is 10.6. The Labute approximate surface area is 253 Å². The van der Waals surface area contributed by atoms with Crippen molar-refractivity contribution in [2.24, 2.45) is 0 Å². The summed E-state index contributed by atoms with van der Waals surface area (Å²) in [6.45, 7) is 0. The van der Waals surface area contributed by atoms with E-state index in [1.165, 1.54) is 24.9 Å². The average Bonchev–Trinajstić information content (AvgIpc) is 3.01. The van der Waals surface area contributed by atoms with Gasteiger partial charge in [0.05, 0.1) is 25.7 Å². The number of hydrogen-bond donors (Lipinski definition) is 3. The lowest BCUT2D eigenvalue weighted by atomic mass is 10.1. The highest BCUT2D eigenvalue weighted by atomic mass is 35.5. The summed E-state index contributed by atoms with van der Waals surface area (Å²) in [5.74, 6) is 0.111. The van der Waals surface area contributed by atoms with Crippen LogP contribution >= 0.6 is 23.4 Å². The molecule has 0 saturated heterocycles. The van der Waals surface area contributed by atoms with Gasteiger partial charge < -0.3 is 25.4 Å². The Bertz CT molecular complexity index is 1590. The number of thioether (sulfide) groups is 1. The van der Waals surface area contributed by atoms with Gasteiger partial charge in [0.2, 0.25) is 5.91 Å². The fraction of sp³-hybridized carbons (Fsp3) is 0.0938. The summed E-state index contributed by atoms with van der Waals surface area (Å²) >= 11 is 7.63. The second-order valence-electron chi connectivity index (χ2n) is 8.78. The molecule has 0 bridgehead atoms. The van der Waals surface area contributed by atoms with Gasteiger partial charge in [0.1, 0.15) is 17.2 Å². The molecule has 0 atom stereocenters. The summed E-state index contributed by atoms with van der Waals surface area (Å²) in [7, 11) is 3.07. The summed E-state index contributed by atoms with van der Waals surface area (Å²) in [5.41, 5.74) is 2.04. The summed E-state index contributed by atoms with van der Waals surface area (Å²) in [6, 6.07) is 27.8. The van der Waals surface area contributed by atoms with Crippen LogP contribution in [0.1, 0.15) is 15.9 Å². The quantitative estimate of drug-likeness (QED) is 0.134. The summed E-state index contributed by atoms with van der Waals surface area (Å²) in [6.07, 6.45) is 1.53. The van der Waals surface area contributed by atoms with Crippen LogP contribution in [0.5, 0.6) is 11.5 Å². The lowest BCUT2D eigenvalue weighted by Crippen LogP contribution is -2.30. The first-order chi connectivity index (χ1) is 20.4. The van der Waals surface area contributed by atoms with E-state index in [0.717, 1.165) is 4.90 Å². The monoisotopic (exact) mass is 601 g/mol. The van der Waals surface area contributed by atoms with E-state index in [1.54, 1.807) is 104 Å². The zero-order chi connectivity index (χ0) is 29.9. The smallest absolute Gasteiger partial charge is 0.272 e. The van der Waals surface area contributed by atoms with E-state index >= 15 is 0 Å². The highest BCUT2D eigenvalue weighted by Crippen LogP contribution is 2.29. The van der Waals surface area contributed by atoms with Crippen LogP contribution in [-0.2, 0) is 9.59 Å². The number of carbonyl (C=O) groups is 3. The molecule has 0 saturated carbocycles. The number of methoxy groups -OCH3 is 2. The van der Waals surface area contributed by atoms with Crippen molar-refractivity contribution >= 4 is 58.5 Å². The Morgan fingerprint density at radius 2 is 1.55 bits per heavy atom. The molecule has 42 heavy (non-hydrogen) atoms. The normalized spacial score (nSPS) is 10.9. The molecule has 0 heterocycles. The maximum Gasteiger partial charge on any atom is 0.272 e. The van der Waals surface area contributed by atoms with Crippen LogP contribution in [0.3, 0.4) is 0 Å². The number of ether oxygens (including phenoxy) is 2. The molecule has 0 aliphatic carbocycles. The highest BCUT2D eigenvalue weighted by molar-refractivity contribution is 8.00. The van der Waals surface area contributed by atoms with Crippen molar-refractivity contribution < 1.29 is 23.9 Å². The van der Waals surface area contributed by atoms with Crippen LogP contribution in [0.25, 0.3) is 6.08 Å². The lowest BCUT2D eigenvalue weighted by molar-refractivity contribution is -0.114. The number of amides is 3. The second-order valence-corrected chi connectivity index (χ2v) is 10.2. The molecule has 4 rings (SSSR count). The third-order valence-corrected chi connectivity index (χ3v) is 7.25. The number of benzene rings is 4. The van der Waals surface area contributed by atoms with Gasteiger partial charge >= 0.3 is 0 Å². The predicted molar refractivity (Wildman–Crippen MR) is 167 cm³/mol. The molecule has 10 heteroatoms. The molecule has 0 aliphatic rings. The number of hydrogen-bond acceptors (Lipinski definition) is 6. The Hall–Kier alpha value is -4.73. The van der Waals surface area contributed by atoms with Crippen molar-refractivity contribution in [1.82, 2.24) is 5.32 Å². The van der Waals surface area contributed by atoms with Gasteiger partial charge in [0.15, 0.2) is 0 Å². The van der Waals surface area contributed by atoms with Crippen LogP contribution in [0, 0.1) is 0 Å². The Balaban J connectivity index is 1.41. The number of anilines is 2. The van der Waals surface area contributed by atoms with Crippen molar-refractivity contribution in [3.05, 3.63) is 119 Å². The molecule has 8 nitrogen and oxygen atoms in total. The van der Waals surface area contributed by atoms with E-state index in [1.807, 2.05) is 0 Å². The first-order valence-corrected chi connectivity index (χ1v) is 14.1. The van der Waals surface area contributed by atoms with Gasteiger partial charge in [-0.15, -0.1) is 11.8 Å². The van der Waals surface area contributed by atoms with E-state index in [4.69, 9.17) is 21.1 Å². The molecule has 0 aromatic heterocycles. The first kappa shape index (κ1) is 30.2. The number of rotatable bonds is 11. The van der Waals surface area contributed by atoms with Gasteiger partial charge in [0.25, 0.3) is 11.8 Å². The molecule has 0 radical (unpaired) electrons. The van der Waals surface area contributed by atoms with Gasteiger partial charge in [-0.2, -0.15) is 0 Å². The maximum atomic E-state index is 13.3. The molecule has 0 unspecified atom stereocenters. The van der Waals surface area contributed by atoms with Crippen LogP contribution in [-0.4, -0.2) is 37.7 Å². The van der Waals surface area contributed by atoms with Crippen LogP contribution in [0.15, 0.2) is 108 Å². The molecule has 0 fully saturated rings. The van der Waals surface area contributed by atoms with Crippen molar-refractivity contribution in [2.75, 3.05) is 30.6 Å². The molecule has 214 valence electrons. The maximum absolute atomic E-state index is 13.3. The topological polar surface area (TPSA) is 106 Å². The third-order valence-electron chi connectivity index (χ3n) is 5.90. The van der Waals surface area contributed by atoms with Crippen molar-refractivity contribution in [2.45, 2.75) is 4.90 Å². The average molecular weight is 602 g/mol.